The molecule has 5 rings (SSSR count). The first kappa shape index (κ1) is 19.6. The third-order valence-corrected chi connectivity index (χ3v) is 5.38. The van der Waals surface area contributed by atoms with Gasteiger partial charge in [0.25, 0.3) is 0 Å². The van der Waals surface area contributed by atoms with E-state index in [0.29, 0.717) is 0 Å². The summed E-state index contributed by atoms with van der Waals surface area (Å²) >= 11 is 0. The van der Waals surface area contributed by atoms with Crippen LogP contribution in [-0.4, -0.2) is 16.9 Å². The van der Waals surface area contributed by atoms with Crippen LogP contribution in [0.1, 0.15) is 16.8 Å². The number of ether oxygens (including phenoxy) is 1. The molecule has 0 saturated carbocycles. The molecule has 0 aliphatic heterocycles. The fraction of sp³-hybridized carbons (Fsp3) is 0.0345. The van der Waals surface area contributed by atoms with Crippen molar-refractivity contribution in [3.63, 3.8) is 0 Å². The highest BCUT2D eigenvalue weighted by molar-refractivity contribution is 5.96. The first-order valence-corrected chi connectivity index (χ1v) is 10.5. The quantitative estimate of drug-likeness (QED) is 0.297. The summed E-state index contributed by atoms with van der Waals surface area (Å²) in [5, 5.41) is 6.02. The largest absolute Gasteiger partial charge is 0.497 e. The molecule has 32 heavy (non-hydrogen) atoms. The van der Waals surface area contributed by atoms with Crippen LogP contribution >= 0.6 is 0 Å². The van der Waals surface area contributed by atoms with Gasteiger partial charge in [-0.3, -0.25) is 0 Å². The third-order valence-electron chi connectivity index (χ3n) is 5.38. The summed E-state index contributed by atoms with van der Waals surface area (Å²) in [6.45, 7) is 0. The Kier molecular flexibility index (Phi) is 5.40. The van der Waals surface area contributed by atoms with Crippen molar-refractivity contribution in [2.75, 3.05) is 7.11 Å². The van der Waals surface area contributed by atoms with Crippen molar-refractivity contribution < 1.29 is 4.74 Å². The molecule has 0 unspecified atom stereocenters. The fourth-order valence-corrected chi connectivity index (χ4v) is 3.78. The summed E-state index contributed by atoms with van der Waals surface area (Å²) in [5.41, 5.74) is 9.68. The number of benzene rings is 4. The van der Waals surface area contributed by atoms with Crippen LogP contribution in [0.2, 0.25) is 0 Å². The number of hydrogen-bond acceptors (Lipinski definition) is 2. The molecule has 0 aliphatic carbocycles. The fourth-order valence-electron chi connectivity index (χ4n) is 3.78. The molecule has 0 aliphatic rings. The smallest absolute Gasteiger partial charge is 0.118 e. The van der Waals surface area contributed by atoms with Crippen LogP contribution in [0, 0.1) is 0 Å². The third kappa shape index (κ3) is 3.85. The van der Waals surface area contributed by atoms with Gasteiger partial charge in [-0.05, 0) is 47.5 Å². The normalized spacial score (nSPS) is 10.5. The van der Waals surface area contributed by atoms with E-state index in [-0.39, 0.29) is 0 Å². The standard InChI is InChI=1S/C29H22N2O/c1-32-25-19-16-22(17-20-25)18-21-26(23-10-4-2-5-11-23)29-27-14-8-9-15-28(27)30-31(29)24-12-6-3-7-13-24/h2-20H,1H3. The lowest BCUT2D eigenvalue weighted by Crippen LogP contribution is -2.02. The van der Waals surface area contributed by atoms with Gasteiger partial charge in [0.05, 0.1) is 29.6 Å². The molecule has 0 atom stereocenters. The molecule has 0 saturated heterocycles. The molecule has 4 aromatic carbocycles. The van der Waals surface area contributed by atoms with E-state index < -0.39 is 0 Å². The van der Waals surface area contributed by atoms with Gasteiger partial charge in [0.1, 0.15) is 5.75 Å². The van der Waals surface area contributed by atoms with Crippen LogP contribution in [0.5, 0.6) is 5.75 Å². The van der Waals surface area contributed by atoms with Gasteiger partial charge in [0.2, 0.25) is 0 Å². The number of aromatic nitrogens is 2. The van der Waals surface area contributed by atoms with Crippen LogP contribution in [0.4, 0.5) is 0 Å². The second-order valence-electron chi connectivity index (χ2n) is 7.42. The minimum absolute atomic E-state index is 0.836. The summed E-state index contributed by atoms with van der Waals surface area (Å²) in [7, 11) is 1.67. The molecule has 0 N–H and O–H groups in total. The molecule has 154 valence electrons. The van der Waals surface area contributed by atoms with E-state index in [1.807, 2.05) is 71.4 Å². The Labute approximate surface area is 187 Å². The zero-order valence-corrected chi connectivity index (χ0v) is 17.8. The van der Waals surface area contributed by atoms with Crippen molar-refractivity contribution in [3.8, 4) is 11.4 Å². The monoisotopic (exact) mass is 414 g/mol. The van der Waals surface area contributed by atoms with Crippen LogP contribution in [0.25, 0.3) is 28.2 Å². The maximum Gasteiger partial charge on any atom is 0.118 e. The van der Waals surface area contributed by atoms with Gasteiger partial charge in [-0.2, -0.15) is 5.10 Å². The molecule has 0 fully saturated rings. The predicted octanol–water partition coefficient (Wildman–Crippen LogP) is 6.78. The highest BCUT2D eigenvalue weighted by atomic mass is 16.5. The molecule has 1 heterocycles. The minimum atomic E-state index is 0.836. The van der Waals surface area contributed by atoms with Crippen molar-refractivity contribution in [2.24, 2.45) is 0 Å². The van der Waals surface area contributed by atoms with Gasteiger partial charge in [0, 0.05) is 5.39 Å². The zero-order chi connectivity index (χ0) is 21.8. The molecule has 0 amide bonds. The van der Waals surface area contributed by atoms with Crippen molar-refractivity contribution in [1.82, 2.24) is 9.78 Å². The van der Waals surface area contributed by atoms with Crippen molar-refractivity contribution >= 4 is 22.6 Å². The van der Waals surface area contributed by atoms with Crippen molar-refractivity contribution in [2.45, 2.75) is 0 Å². The number of rotatable bonds is 5. The SMILES string of the molecule is COc1ccc(C=C=C(c2ccccc2)c2c3ccccc3nn2-c2ccccc2)cc1. The molecule has 5 aromatic rings. The van der Waals surface area contributed by atoms with Crippen LogP contribution in [0.15, 0.2) is 115 Å². The molecular weight excluding hydrogens is 392 g/mol. The Hall–Kier alpha value is -4.33. The average Bonchev–Trinajstić information content (AvgIpc) is 3.25. The summed E-state index contributed by atoms with van der Waals surface area (Å²) in [6, 6.07) is 36.8. The maximum atomic E-state index is 5.28. The minimum Gasteiger partial charge on any atom is -0.497 e. The summed E-state index contributed by atoms with van der Waals surface area (Å²) in [4.78, 5) is 0. The van der Waals surface area contributed by atoms with E-state index in [0.717, 1.165) is 44.7 Å². The number of para-hydroxylation sites is 1. The van der Waals surface area contributed by atoms with Crippen LogP contribution < -0.4 is 4.74 Å². The van der Waals surface area contributed by atoms with E-state index in [1.54, 1.807) is 7.11 Å². The number of nitrogens with zero attached hydrogens (tertiary/aromatic N) is 2. The zero-order valence-electron chi connectivity index (χ0n) is 17.8. The van der Waals surface area contributed by atoms with Gasteiger partial charge < -0.3 is 4.74 Å². The number of fused-ring (bicyclic) bond motifs is 1. The lowest BCUT2D eigenvalue weighted by atomic mass is 10.00. The highest BCUT2D eigenvalue weighted by Gasteiger charge is 2.17. The van der Waals surface area contributed by atoms with Crippen LogP contribution in [0.3, 0.4) is 0 Å². The first-order valence-electron chi connectivity index (χ1n) is 10.5. The maximum absolute atomic E-state index is 5.28. The lowest BCUT2D eigenvalue weighted by molar-refractivity contribution is 0.415. The summed E-state index contributed by atoms with van der Waals surface area (Å²) in [5.74, 6) is 0.836. The van der Waals surface area contributed by atoms with E-state index in [4.69, 9.17) is 9.84 Å². The average molecular weight is 415 g/mol. The lowest BCUT2D eigenvalue weighted by Gasteiger charge is -2.11. The second kappa shape index (κ2) is 8.81. The van der Waals surface area contributed by atoms with E-state index in [9.17, 15) is 0 Å². The second-order valence-corrected chi connectivity index (χ2v) is 7.42. The van der Waals surface area contributed by atoms with Gasteiger partial charge in [-0.25, -0.2) is 4.68 Å². The molecule has 0 bridgehead atoms. The molecule has 0 spiro atoms. The Morgan fingerprint density at radius 3 is 2.16 bits per heavy atom. The first-order chi connectivity index (χ1) is 15.8. The summed E-state index contributed by atoms with van der Waals surface area (Å²) in [6.07, 6.45) is 2.01. The molecule has 0 radical (unpaired) electrons. The summed E-state index contributed by atoms with van der Waals surface area (Å²) < 4.78 is 7.30. The Morgan fingerprint density at radius 2 is 1.44 bits per heavy atom. The predicted molar refractivity (Wildman–Crippen MR) is 131 cm³/mol. The van der Waals surface area contributed by atoms with Gasteiger partial charge in [0.15, 0.2) is 0 Å². The van der Waals surface area contributed by atoms with Gasteiger partial charge in [-0.1, -0.05) is 78.9 Å². The Bertz CT molecular complexity index is 1410. The van der Waals surface area contributed by atoms with E-state index in [2.05, 4.69) is 54.3 Å². The molecule has 3 nitrogen and oxygen atoms in total. The van der Waals surface area contributed by atoms with E-state index >= 15 is 0 Å². The van der Waals surface area contributed by atoms with Gasteiger partial charge >= 0.3 is 0 Å². The molecule has 1 aromatic heterocycles. The van der Waals surface area contributed by atoms with Gasteiger partial charge in [-0.15, -0.1) is 5.73 Å². The van der Waals surface area contributed by atoms with Crippen LogP contribution in [-0.2, 0) is 0 Å². The topological polar surface area (TPSA) is 27.1 Å². The number of hydrogen-bond donors (Lipinski definition) is 0. The Morgan fingerprint density at radius 1 is 0.781 bits per heavy atom. The number of methoxy groups -OCH3 is 1. The molecule has 3 heteroatoms. The van der Waals surface area contributed by atoms with Crippen molar-refractivity contribution in [3.05, 3.63) is 132 Å². The molecular formula is C29H22N2O. The highest BCUT2D eigenvalue weighted by Crippen LogP contribution is 2.31. The van der Waals surface area contributed by atoms with Crippen molar-refractivity contribution in [1.29, 1.82) is 0 Å². The van der Waals surface area contributed by atoms with E-state index in [1.165, 1.54) is 0 Å². The Balaban J connectivity index is 1.78.